The van der Waals surface area contributed by atoms with Gasteiger partial charge in [0.1, 0.15) is 0 Å². The van der Waals surface area contributed by atoms with Crippen molar-refractivity contribution in [3.63, 3.8) is 0 Å². The molecular formula is C23H19IrN2O-. The first kappa shape index (κ1) is 18.0. The Morgan fingerprint density at radius 2 is 1.85 bits per heavy atom. The van der Waals surface area contributed by atoms with E-state index in [1.165, 1.54) is 11.1 Å². The van der Waals surface area contributed by atoms with Gasteiger partial charge >= 0.3 is 0 Å². The molecule has 0 N–H and O–H groups in total. The van der Waals surface area contributed by atoms with Gasteiger partial charge in [-0.15, -0.1) is 29.7 Å². The van der Waals surface area contributed by atoms with Crippen LogP contribution in [0.2, 0.25) is 0 Å². The van der Waals surface area contributed by atoms with Gasteiger partial charge in [0.25, 0.3) is 0 Å². The molecule has 0 atom stereocenters. The molecule has 0 bridgehead atoms. The summed E-state index contributed by atoms with van der Waals surface area (Å²) in [5.41, 5.74) is 5.57. The Hall–Kier alpha value is -2.42. The van der Waals surface area contributed by atoms with E-state index in [-0.39, 0.29) is 20.1 Å². The van der Waals surface area contributed by atoms with Crippen LogP contribution in [0.3, 0.4) is 0 Å². The number of aromatic nitrogens is 2. The van der Waals surface area contributed by atoms with Crippen molar-refractivity contribution in [1.82, 2.24) is 9.78 Å². The Bertz CT molecular complexity index is 1280. The molecule has 27 heavy (non-hydrogen) atoms. The number of furan rings is 1. The summed E-state index contributed by atoms with van der Waals surface area (Å²) in [5, 5.41) is 9.20. The molecular weight excluding hydrogens is 512 g/mol. The SMILES string of the molecule is CC(C)c1ccccc1-c1c2c3ccoc3c3ccc[c-]c3c2nn1C.[Ir]. The number of aryl methyl sites for hydroxylation is 1. The number of rotatable bonds is 2. The molecule has 4 heteroatoms. The van der Waals surface area contributed by atoms with Gasteiger partial charge in [0.05, 0.1) is 17.5 Å². The molecule has 3 nitrogen and oxygen atoms in total. The summed E-state index contributed by atoms with van der Waals surface area (Å²) in [5.74, 6) is 0.433. The van der Waals surface area contributed by atoms with Gasteiger partial charge in [-0.25, -0.2) is 5.10 Å². The second-order valence-electron chi connectivity index (χ2n) is 7.06. The van der Waals surface area contributed by atoms with E-state index in [0.717, 1.165) is 38.3 Å². The normalized spacial score (nSPS) is 11.6. The fraction of sp³-hybridized carbons (Fsp3) is 0.174. The third kappa shape index (κ3) is 2.55. The molecule has 0 aliphatic rings. The Kier molecular flexibility index (Phi) is 4.41. The predicted octanol–water partition coefficient (Wildman–Crippen LogP) is 6.06. The molecule has 2 aromatic heterocycles. The zero-order valence-corrected chi connectivity index (χ0v) is 17.8. The number of nitrogens with zero attached hydrogens (tertiary/aromatic N) is 2. The zero-order chi connectivity index (χ0) is 17.8. The Labute approximate surface area is 171 Å². The van der Waals surface area contributed by atoms with Crippen molar-refractivity contribution < 1.29 is 24.5 Å². The average molecular weight is 532 g/mol. The van der Waals surface area contributed by atoms with Crippen molar-refractivity contribution in [2.24, 2.45) is 7.05 Å². The minimum Gasteiger partial charge on any atom is -0.474 e. The maximum atomic E-state index is 5.86. The third-order valence-corrected chi connectivity index (χ3v) is 5.16. The molecule has 0 aliphatic heterocycles. The molecule has 0 spiro atoms. The quantitative estimate of drug-likeness (QED) is 0.259. The van der Waals surface area contributed by atoms with Crippen LogP contribution in [0.1, 0.15) is 25.3 Å². The van der Waals surface area contributed by atoms with Crippen LogP contribution in [0.4, 0.5) is 0 Å². The minimum atomic E-state index is 0. The van der Waals surface area contributed by atoms with Gasteiger partial charge in [-0.1, -0.05) is 43.5 Å². The van der Waals surface area contributed by atoms with E-state index in [2.05, 4.69) is 50.2 Å². The summed E-state index contributed by atoms with van der Waals surface area (Å²) in [6.07, 6.45) is 1.77. The van der Waals surface area contributed by atoms with Crippen molar-refractivity contribution in [2.75, 3.05) is 0 Å². The standard InChI is InChI=1S/C23H19N2O.Ir/c1-14(2)15-8-4-6-10-17(15)22-20-19-12-13-26-23(19)18-11-7-5-9-16(18)21(20)24-25(22)3;/h4-8,10-14H,1-3H3;/q-1;. The van der Waals surface area contributed by atoms with Gasteiger partial charge in [-0.05, 0) is 22.9 Å². The smallest absolute Gasteiger partial charge is 0.0995 e. The topological polar surface area (TPSA) is 31.0 Å². The Morgan fingerprint density at radius 1 is 1.04 bits per heavy atom. The summed E-state index contributed by atoms with van der Waals surface area (Å²) in [7, 11) is 2.02. The van der Waals surface area contributed by atoms with E-state index in [4.69, 9.17) is 9.52 Å². The molecule has 0 fully saturated rings. The monoisotopic (exact) mass is 532 g/mol. The number of benzene rings is 3. The molecule has 1 radical (unpaired) electrons. The Morgan fingerprint density at radius 3 is 2.67 bits per heavy atom. The largest absolute Gasteiger partial charge is 0.474 e. The second-order valence-corrected chi connectivity index (χ2v) is 7.06. The maximum absolute atomic E-state index is 5.86. The van der Waals surface area contributed by atoms with E-state index < -0.39 is 0 Å². The molecule has 0 saturated heterocycles. The minimum absolute atomic E-state index is 0. The van der Waals surface area contributed by atoms with Crippen LogP contribution in [0.15, 0.2) is 59.2 Å². The van der Waals surface area contributed by atoms with Crippen molar-refractivity contribution in [3.05, 3.63) is 66.4 Å². The van der Waals surface area contributed by atoms with E-state index in [1.807, 2.05) is 29.9 Å². The van der Waals surface area contributed by atoms with Crippen LogP contribution >= 0.6 is 0 Å². The average Bonchev–Trinajstić information content (AvgIpc) is 3.26. The molecule has 5 rings (SSSR count). The molecule has 2 heterocycles. The summed E-state index contributed by atoms with van der Waals surface area (Å²) in [6.45, 7) is 4.46. The van der Waals surface area contributed by atoms with Crippen LogP contribution in [0.25, 0.3) is 43.9 Å². The summed E-state index contributed by atoms with van der Waals surface area (Å²) >= 11 is 0. The number of hydrogen-bond donors (Lipinski definition) is 0. The van der Waals surface area contributed by atoms with Crippen molar-refractivity contribution >= 4 is 32.6 Å². The zero-order valence-electron chi connectivity index (χ0n) is 15.4. The fourth-order valence-corrected chi connectivity index (χ4v) is 4.02. The van der Waals surface area contributed by atoms with Crippen LogP contribution in [0.5, 0.6) is 0 Å². The van der Waals surface area contributed by atoms with Crippen molar-refractivity contribution in [1.29, 1.82) is 0 Å². The van der Waals surface area contributed by atoms with Crippen LogP contribution in [-0.4, -0.2) is 9.78 Å². The van der Waals surface area contributed by atoms with E-state index in [9.17, 15) is 0 Å². The number of fused-ring (bicyclic) bond motifs is 6. The van der Waals surface area contributed by atoms with Crippen LogP contribution < -0.4 is 0 Å². The van der Waals surface area contributed by atoms with E-state index in [1.54, 1.807) is 6.26 Å². The first-order valence-corrected chi connectivity index (χ1v) is 8.92. The van der Waals surface area contributed by atoms with Gasteiger partial charge < -0.3 is 4.42 Å². The van der Waals surface area contributed by atoms with E-state index >= 15 is 0 Å². The van der Waals surface area contributed by atoms with Gasteiger partial charge in [0, 0.05) is 43.6 Å². The molecule has 3 aromatic carbocycles. The number of hydrogen-bond acceptors (Lipinski definition) is 2. The molecule has 0 saturated carbocycles. The van der Waals surface area contributed by atoms with E-state index in [0.29, 0.717) is 5.92 Å². The first-order chi connectivity index (χ1) is 12.7. The first-order valence-electron chi connectivity index (χ1n) is 8.92. The fourth-order valence-electron chi connectivity index (χ4n) is 4.02. The second kappa shape index (κ2) is 6.63. The molecule has 0 amide bonds. The molecule has 0 aliphatic carbocycles. The summed E-state index contributed by atoms with van der Waals surface area (Å²) < 4.78 is 7.86. The molecule has 137 valence electrons. The van der Waals surface area contributed by atoms with Gasteiger partial charge in [-0.3, -0.25) is 4.68 Å². The maximum Gasteiger partial charge on any atom is 0.0995 e. The third-order valence-electron chi connectivity index (χ3n) is 5.16. The Balaban J connectivity index is 0.00000180. The van der Waals surface area contributed by atoms with Crippen LogP contribution in [0, 0.1) is 6.07 Å². The predicted molar refractivity (Wildman–Crippen MR) is 106 cm³/mol. The van der Waals surface area contributed by atoms with Crippen molar-refractivity contribution in [2.45, 2.75) is 19.8 Å². The summed E-state index contributed by atoms with van der Waals surface area (Å²) in [6, 6.07) is 20.0. The molecule has 5 aromatic rings. The van der Waals surface area contributed by atoms with Crippen LogP contribution in [-0.2, 0) is 27.2 Å². The van der Waals surface area contributed by atoms with Gasteiger partial charge in [0.15, 0.2) is 0 Å². The summed E-state index contributed by atoms with van der Waals surface area (Å²) in [4.78, 5) is 0. The molecule has 0 unspecified atom stereocenters. The van der Waals surface area contributed by atoms with Gasteiger partial charge in [0.2, 0.25) is 0 Å². The van der Waals surface area contributed by atoms with Gasteiger partial charge in [-0.2, -0.15) is 0 Å². The van der Waals surface area contributed by atoms with Crippen molar-refractivity contribution in [3.8, 4) is 11.3 Å².